The lowest BCUT2D eigenvalue weighted by Gasteiger charge is -2.47. The SMILES string of the molecule is CC(/C=C/c1ccccc1)=N\NC(=S)SCN1C(=O)C2CCC(C)(C1=O)C2(C)C. The van der Waals surface area contributed by atoms with Gasteiger partial charge >= 0.3 is 0 Å². The number of hydrogen-bond acceptors (Lipinski definition) is 5. The molecule has 2 aliphatic rings. The Labute approximate surface area is 182 Å². The van der Waals surface area contributed by atoms with Crippen LogP contribution in [0.3, 0.4) is 0 Å². The van der Waals surface area contributed by atoms with E-state index in [0.29, 0.717) is 4.32 Å². The number of fused-ring (bicyclic) bond motifs is 2. The van der Waals surface area contributed by atoms with Gasteiger partial charge in [-0.3, -0.25) is 19.9 Å². The predicted molar refractivity (Wildman–Crippen MR) is 123 cm³/mol. The first-order valence-corrected chi connectivity index (χ1v) is 11.1. The first-order valence-electron chi connectivity index (χ1n) is 9.73. The average molecular weight is 430 g/mol. The van der Waals surface area contributed by atoms with Crippen LogP contribution in [0.4, 0.5) is 0 Å². The van der Waals surface area contributed by atoms with Gasteiger partial charge in [0.05, 0.1) is 17.0 Å². The third-order valence-corrected chi connectivity index (χ3v) is 7.66. The van der Waals surface area contributed by atoms with Crippen LogP contribution in [0.15, 0.2) is 41.5 Å². The summed E-state index contributed by atoms with van der Waals surface area (Å²) in [4.78, 5) is 27.2. The highest BCUT2D eigenvalue weighted by Gasteiger charge is 2.64. The molecule has 0 spiro atoms. The molecule has 1 aromatic rings. The van der Waals surface area contributed by atoms with Crippen molar-refractivity contribution >= 4 is 51.9 Å². The number of hydrogen-bond donors (Lipinski definition) is 1. The van der Waals surface area contributed by atoms with E-state index < -0.39 is 5.41 Å². The maximum atomic E-state index is 13.0. The lowest BCUT2D eigenvalue weighted by atomic mass is 9.62. The van der Waals surface area contributed by atoms with Crippen molar-refractivity contribution in [3.05, 3.63) is 42.0 Å². The molecule has 1 saturated heterocycles. The fraction of sp³-hybridized carbons (Fsp3) is 0.455. The van der Waals surface area contributed by atoms with Crippen LogP contribution in [-0.2, 0) is 9.59 Å². The van der Waals surface area contributed by atoms with Crippen LogP contribution in [0.5, 0.6) is 0 Å². The number of amides is 2. The molecule has 1 aliphatic carbocycles. The number of allylic oxidation sites excluding steroid dienone is 1. The van der Waals surface area contributed by atoms with Crippen LogP contribution in [0, 0.1) is 16.7 Å². The Hall–Kier alpha value is -1.99. The van der Waals surface area contributed by atoms with E-state index in [1.54, 1.807) is 0 Å². The predicted octanol–water partition coefficient (Wildman–Crippen LogP) is 4.45. The molecule has 1 aromatic carbocycles. The number of likely N-dealkylation sites (tertiary alicyclic amines) is 1. The normalized spacial score (nSPS) is 26.3. The summed E-state index contributed by atoms with van der Waals surface area (Å²) in [7, 11) is 0. The highest BCUT2D eigenvalue weighted by atomic mass is 32.2. The molecule has 1 aliphatic heterocycles. The zero-order valence-corrected chi connectivity index (χ0v) is 18.9. The monoisotopic (exact) mass is 429 g/mol. The molecule has 1 saturated carbocycles. The third-order valence-electron chi connectivity index (χ3n) is 6.47. The van der Waals surface area contributed by atoms with Crippen molar-refractivity contribution in [3.63, 3.8) is 0 Å². The molecule has 2 amide bonds. The summed E-state index contributed by atoms with van der Waals surface area (Å²) in [6.07, 6.45) is 5.40. The van der Waals surface area contributed by atoms with Gasteiger partial charge in [-0.05, 0) is 36.8 Å². The number of carbonyl (C=O) groups is 2. The highest BCUT2D eigenvalue weighted by Crippen LogP contribution is 2.60. The van der Waals surface area contributed by atoms with Crippen LogP contribution in [0.1, 0.15) is 46.1 Å². The van der Waals surface area contributed by atoms with E-state index in [2.05, 4.69) is 10.5 Å². The minimum atomic E-state index is -0.488. The Morgan fingerprint density at radius 2 is 2.00 bits per heavy atom. The quantitative estimate of drug-likeness (QED) is 0.324. The zero-order valence-electron chi connectivity index (χ0n) is 17.3. The second kappa shape index (κ2) is 8.40. The van der Waals surface area contributed by atoms with Crippen molar-refractivity contribution in [1.29, 1.82) is 0 Å². The van der Waals surface area contributed by atoms with Crippen molar-refractivity contribution in [1.82, 2.24) is 10.3 Å². The van der Waals surface area contributed by atoms with Gasteiger partial charge in [0.25, 0.3) is 0 Å². The molecular weight excluding hydrogens is 402 g/mol. The van der Waals surface area contributed by atoms with Crippen molar-refractivity contribution in [2.24, 2.45) is 21.8 Å². The van der Waals surface area contributed by atoms with Gasteiger partial charge in [-0.2, -0.15) is 5.10 Å². The first kappa shape index (κ1) is 21.7. The summed E-state index contributed by atoms with van der Waals surface area (Å²) < 4.78 is 0.431. The molecule has 5 nitrogen and oxygen atoms in total. The number of piperidine rings is 1. The van der Waals surface area contributed by atoms with Crippen LogP contribution >= 0.6 is 24.0 Å². The molecule has 2 fully saturated rings. The van der Waals surface area contributed by atoms with E-state index >= 15 is 0 Å². The largest absolute Gasteiger partial charge is 0.274 e. The number of thiocarbonyl (C=S) groups is 1. The Kier molecular flexibility index (Phi) is 6.29. The molecule has 1 heterocycles. The molecule has 2 atom stereocenters. The van der Waals surface area contributed by atoms with Gasteiger partial charge < -0.3 is 0 Å². The number of imide groups is 1. The van der Waals surface area contributed by atoms with Crippen molar-refractivity contribution in [3.8, 4) is 0 Å². The smallest absolute Gasteiger partial charge is 0.236 e. The number of benzene rings is 1. The highest BCUT2D eigenvalue weighted by molar-refractivity contribution is 8.22. The van der Waals surface area contributed by atoms with Crippen LogP contribution in [-0.4, -0.2) is 32.6 Å². The van der Waals surface area contributed by atoms with Gasteiger partial charge in [0.15, 0.2) is 4.32 Å². The Balaban J connectivity index is 1.55. The molecule has 1 N–H and O–H groups in total. The van der Waals surface area contributed by atoms with Gasteiger partial charge in [0.1, 0.15) is 0 Å². The number of nitrogens with zero attached hydrogens (tertiary/aromatic N) is 2. The number of rotatable bonds is 5. The van der Waals surface area contributed by atoms with Crippen molar-refractivity contribution < 1.29 is 9.59 Å². The number of thioether (sulfide) groups is 1. The lowest BCUT2D eigenvalue weighted by molar-refractivity contribution is -0.166. The zero-order chi connectivity index (χ0) is 21.2. The van der Waals surface area contributed by atoms with Gasteiger partial charge in [0.2, 0.25) is 11.8 Å². The van der Waals surface area contributed by atoms with Crippen LogP contribution in [0.25, 0.3) is 6.08 Å². The molecule has 29 heavy (non-hydrogen) atoms. The number of carbonyl (C=O) groups excluding carboxylic acids is 2. The summed E-state index contributed by atoms with van der Waals surface area (Å²) in [5.74, 6) is -0.0337. The lowest BCUT2D eigenvalue weighted by Crippen LogP contribution is -2.58. The summed E-state index contributed by atoms with van der Waals surface area (Å²) >= 11 is 6.57. The van der Waals surface area contributed by atoms with E-state index in [4.69, 9.17) is 12.2 Å². The Bertz CT molecular complexity index is 879. The van der Waals surface area contributed by atoms with E-state index in [1.807, 2.05) is 70.2 Å². The number of nitrogens with one attached hydrogen (secondary N) is 1. The van der Waals surface area contributed by atoms with Crippen molar-refractivity contribution in [2.45, 2.75) is 40.5 Å². The summed E-state index contributed by atoms with van der Waals surface area (Å²) in [5.41, 5.74) is 3.91. The topological polar surface area (TPSA) is 61.8 Å². The summed E-state index contributed by atoms with van der Waals surface area (Å²) in [5, 5.41) is 4.25. The molecule has 0 radical (unpaired) electrons. The average Bonchev–Trinajstić information content (AvgIpc) is 2.89. The van der Waals surface area contributed by atoms with Crippen LogP contribution < -0.4 is 5.43 Å². The minimum absolute atomic E-state index is 0.0734. The fourth-order valence-electron chi connectivity index (χ4n) is 4.13. The molecule has 154 valence electrons. The van der Waals surface area contributed by atoms with Gasteiger partial charge in [-0.25, -0.2) is 0 Å². The second-order valence-corrected chi connectivity index (χ2v) is 10.0. The molecule has 3 rings (SSSR count). The second-order valence-electron chi connectivity index (χ2n) is 8.39. The Morgan fingerprint density at radius 1 is 1.31 bits per heavy atom. The van der Waals surface area contributed by atoms with E-state index in [1.165, 1.54) is 16.7 Å². The standard InChI is InChI=1S/C22H27N3O2S2/c1-15(10-11-16-8-6-5-7-9-16)23-24-20(28)29-14-25-18(26)17-12-13-22(4,19(25)27)21(17,2)3/h5-11,17H,12-14H2,1-4H3,(H,24,28)/b11-10+,23-15+. The third kappa shape index (κ3) is 4.16. The molecular formula is C22H27N3O2S2. The van der Waals surface area contributed by atoms with E-state index in [-0.39, 0.29) is 29.0 Å². The van der Waals surface area contributed by atoms with Crippen molar-refractivity contribution in [2.75, 3.05) is 5.88 Å². The maximum absolute atomic E-state index is 13.0. The van der Waals surface area contributed by atoms with E-state index in [0.717, 1.165) is 24.1 Å². The first-order chi connectivity index (χ1) is 13.7. The van der Waals surface area contributed by atoms with Gasteiger partial charge in [-0.1, -0.05) is 81.2 Å². The number of hydrazone groups is 1. The molecule has 2 unspecified atom stereocenters. The van der Waals surface area contributed by atoms with Gasteiger partial charge in [0, 0.05) is 5.92 Å². The molecule has 7 heteroatoms. The van der Waals surface area contributed by atoms with Gasteiger partial charge in [-0.15, -0.1) is 0 Å². The maximum Gasteiger partial charge on any atom is 0.236 e. The summed E-state index contributed by atoms with van der Waals surface area (Å²) in [6, 6.07) is 9.96. The summed E-state index contributed by atoms with van der Waals surface area (Å²) in [6.45, 7) is 7.94. The van der Waals surface area contributed by atoms with E-state index in [9.17, 15) is 9.59 Å². The minimum Gasteiger partial charge on any atom is -0.274 e. The van der Waals surface area contributed by atoms with Crippen LogP contribution in [0.2, 0.25) is 0 Å². The molecule has 0 aromatic heterocycles. The fourth-order valence-corrected chi connectivity index (χ4v) is 4.94. The Morgan fingerprint density at radius 3 is 2.69 bits per heavy atom. The molecule has 2 bridgehead atoms.